The molecule has 20 heavy (non-hydrogen) atoms. The number of hydrogen-bond donors (Lipinski definition) is 3. The molecule has 0 aliphatic carbocycles. The lowest BCUT2D eigenvalue weighted by atomic mass is 10.3. The molecule has 0 saturated carbocycles. The van der Waals surface area contributed by atoms with Crippen LogP contribution in [-0.2, 0) is 0 Å². The fourth-order valence-corrected chi connectivity index (χ4v) is 2.39. The van der Waals surface area contributed by atoms with E-state index in [0.717, 1.165) is 25.8 Å². The van der Waals surface area contributed by atoms with Crippen LogP contribution >= 0.6 is 31.9 Å². The van der Waals surface area contributed by atoms with Gasteiger partial charge in [0.2, 0.25) is 0 Å². The first kappa shape index (κ1) is 14.9. The predicted octanol–water partition coefficient (Wildman–Crippen LogP) is 4.25. The van der Waals surface area contributed by atoms with Gasteiger partial charge in [0.25, 0.3) is 0 Å². The molecule has 0 radical (unpaired) electrons. The largest absolute Gasteiger partial charge is 0.397 e. The molecule has 1 aromatic heterocycles. The molecular weight excluding hydrogens is 384 g/mol. The molecule has 0 fully saturated rings. The lowest BCUT2D eigenvalue weighted by Crippen LogP contribution is -1.92. The Morgan fingerprint density at radius 1 is 0.950 bits per heavy atom. The number of hydrogen-bond acceptors (Lipinski definition) is 3. The Balaban J connectivity index is 0.000000151. The Labute approximate surface area is 133 Å². The number of nitrogens with one attached hydrogen (secondary N) is 1. The van der Waals surface area contributed by atoms with E-state index in [-0.39, 0.29) is 0 Å². The van der Waals surface area contributed by atoms with E-state index in [1.807, 2.05) is 31.2 Å². The second-order valence-electron chi connectivity index (χ2n) is 4.26. The van der Waals surface area contributed by atoms with Crippen LogP contribution in [0.1, 0.15) is 5.82 Å². The molecule has 0 amide bonds. The second-order valence-corrected chi connectivity index (χ2v) is 6.09. The molecule has 0 atom stereocenters. The number of halogens is 2. The molecule has 104 valence electrons. The maximum atomic E-state index is 5.47. The number of aromatic amines is 1. The molecule has 0 saturated heterocycles. The number of nitrogens with two attached hydrogens (primary N) is 2. The number of imidazole rings is 1. The summed E-state index contributed by atoms with van der Waals surface area (Å²) in [7, 11) is 0. The van der Waals surface area contributed by atoms with E-state index >= 15 is 0 Å². The third-order valence-corrected chi connectivity index (χ3v) is 3.60. The fourth-order valence-electron chi connectivity index (χ4n) is 1.66. The van der Waals surface area contributed by atoms with Crippen LogP contribution in [0, 0.1) is 6.92 Å². The quantitative estimate of drug-likeness (QED) is 0.496. The molecule has 3 aromatic rings. The number of aromatic nitrogens is 2. The number of anilines is 2. The van der Waals surface area contributed by atoms with E-state index in [1.54, 1.807) is 12.1 Å². The Morgan fingerprint density at radius 2 is 1.60 bits per heavy atom. The van der Waals surface area contributed by atoms with Crippen molar-refractivity contribution in [3.63, 3.8) is 0 Å². The molecule has 0 bridgehead atoms. The topological polar surface area (TPSA) is 80.7 Å². The summed E-state index contributed by atoms with van der Waals surface area (Å²) in [5.41, 5.74) is 14.2. The maximum Gasteiger partial charge on any atom is 0.104 e. The van der Waals surface area contributed by atoms with Gasteiger partial charge >= 0.3 is 0 Å². The minimum absolute atomic E-state index is 0.615. The number of nitrogen functional groups attached to an aromatic ring is 2. The van der Waals surface area contributed by atoms with E-state index < -0.39 is 0 Å². The molecule has 0 aliphatic heterocycles. The summed E-state index contributed by atoms with van der Waals surface area (Å²) in [6.45, 7) is 1.95. The van der Waals surface area contributed by atoms with Gasteiger partial charge in [-0.25, -0.2) is 4.98 Å². The van der Waals surface area contributed by atoms with Crippen molar-refractivity contribution < 1.29 is 0 Å². The summed E-state index contributed by atoms with van der Waals surface area (Å²) in [6.07, 6.45) is 0. The van der Waals surface area contributed by atoms with Gasteiger partial charge in [-0.05, 0) is 43.3 Å². The van der Waals surface area contributed by atoms with Crippen LogP contribution in [0.4, 0.5) is 11.4 Å². The smallest absolute Gasteiger partial charge is 0.104 e. The number of aryl methyl sites for hydroxylation is 1. The number of rotatable bonds is 0. The minimum Gasteiger partial charge on any atom is -0.397 e. The molecule has 6 heteroatoms. The van der Waals surface area contributed by atoms with Crippen molar-refractivity contribution >= 4 is 54.3 Å². The molecule has 5 N–H and O–H groups in total. The van der Waals surface area contributed by atoms with Crippen LogP contribution in [0.3, 0.4) is 0 Å². The van der Waals surface area contributed by atoms with Crippen LogP contribution in [0.2, 0.25) is 0 Å². The van der Waals surface area contributed by atoms with Crippen LogP contribution in [0.5, 0.6) is 0 Å². The van der Waals surface area contributed by atoms with Crippen molar-refractivity contribution in [2.75, 3.05) is 11.5 Å². The molecule has 0 spiro atoms. The maximum absolute atomic E-state index is 5.47. The third-order valence-electron chi connectivity index (χ3n) is 2.61. The number of nitrogens with zero attached hydrogens (tertiary/aromatic N) is 1. The molecule has 2 aromatic carbocycles. The van der Waals surface area contributed by atoms with E-state index in [1.165, 1.54) is 0 Å². The molecular formula is C14H14Br2N4. The van der Waals surface area contributed by atoms with Gasteiger partial charge in [0.1, 0.15) is 5.82 Å². The van der Waals surface area contributed by atoms with Crippen molar-refractivity contribution in [1.29, 1.82) is 0 Å². The molecule has 1 heterocycles. The van der Waals surface area contributed by atoms with Crippen LogP contribution in [0.25, 0.3) is 11.0 Å². The summed E-state index contributed by atoms with van der Waals surface area (Å²) in [4.78, 5) is 7.44. The van der Waals surface area contributed by atoms with Gasteiger partial charge in [-0.3, -0.25) is 0 Å². The zero-order chi connectivity index (χ0) is 14.7. The van der Waals surface area contributed by atoms with Gasteiger partial charge in [0, 0.05) is 8.95 Å². The average molecular weight is 398 g/mol. The van der Waals surface area contributed by atoms with E-state index in [9.17, 15) is 0 Å². The Hall–Kier alpha value is -1.53. The zero-order valence-electron chi connectivity index (χ0n) is 10.8. The Bertz CT molecular complexity index is 737. The van der Waals surface area contributed by atoms with Gasteiger partial charge in [-0.1, -0.05) is 31.9 Å². The molecule has 4 nitrogen and oxygen atoms in total. The van der Waals surface area contributed by atoms with Crippen LogP contribution in [-0.4, -0.2) is 9.97 Å². The van der Waals surface area contributed by atoms with Crippen LogP contribution < -0.4 is 11.5 Å². The summed E-state index contributed by atoms with van der Waals surface area (Å²) in [5.74, 6) is 0.957. The fraction of sp³-hybridized carbons (Fsp3) is 0.0714. The second kappa shape index (κ2) is 6.28. The SMILES string of the molecule is Cc1nc2ccc(Br)cc2[nH]1.Nc1ccc(Br)cc1N. The molecule has 3 rings (SSSR count). The normalized spacial score (nSPS) is 10.2. The summed E-state index contributed by atoms with van der Waals surface area (Å²) in [6, 6.07) is 11.4. The molecule has 0 unspecified atom stereocenters. The van der Waals surface area contributed by atoms with Crippen molar-refractivity contribution in [2.24, 2.45) is 0 Å². The lowest BCUT2D eigenvalue weighted by molar-refractivity contribution is 1.17. The first-order chi connectivity index (χ1) is 9.45. The van der Waals surface area contributed by atoms with Gasteiger partial charge in [0.05, 0.1) is 22.4 Å². The van der Waals surface area contributed by atoms with E-state index in [0.29, 0.717) is 11.4 Å². The van der Waals surface area contributed by atoms with Gasteiger partial charge in [0.15, 0.2) is 0 Å². The standard InChI is InChI=1S/C8H7BrN2.C6H7BrN2/c1-5-10-7-3-2-6(9)4-8(7)11-5;7-4-1-2-5(8)6(9)3-4/h2-4H,1H3,(H,10,11);1-3H,8-9H2. The van der Waals surface area contributed by atoms with Crippen molar-refractivity contribution in [3.05, 3.63) is 51.2 Å². The lowest BCUT2D eigenvalue weighted by Gasteiger charge is -1.97. The first-order valence-corrected chi connectivity index (χ1v) is 7.46. The minimum atomic E-state index is 0.615. The van der Waals surface area contributed by atoms with Crippen LogP contribution in [0.15, 0.2) is 45.3 Å². The number of benzene rings is 2. The predicted molar refractivity (Wildman–Crippen MR) is 91.5 cm³/mol. The Morgan fingerprint density at radius 3 is 2.25 bits per heavy atom. The van der Waals surface area contributed by atoms with Crippen molar-refractivity contribution in [1.82, 2.24) is 9.97 Å². The highest BCUT2D eigenvalue weighted by atomic mass is 79.9. The van der Waals surface area contributed by atoms with Gasteiger partial charge < -0.3 is 16.5 Å². The highest BCUT2D eigenvalue weighted by Gasteiger charge is 1.97. The monoisotopic (exact) mass is 396 g/mol. The highest BCUT2D eigenvalue weighted by molar-refractivity contribution is 9.10. The summed E-state index contributed by atoms with van der Waals surface area (Å²) < 4.78 is 2.03. The van der Waals surface area contributed by atoms with Crippen molar-refractivity contribution in [3.8, 4) is 0 Å². The number of H-pyrrole nitrogens is 1. The summed E-state index contributed by atoms with van der Waals surface area (Å²) in [5, 5.41) is 0. The van der Waals surface area contributed by atoms with E-state index in [2.05, 4.69) is 41.8 Å². The average Bonchev–Trinajstić information content (AvgIpc) is 2.74. The summed E-state index contributed by atoms with van der Waals surface area (Å²) >= 11 is 6.65. The van der Waals surface area contributed by atoms with Gasteiger partial charge in [-0.2, -0.15) is 0 Å². The zero-order valence-corrected chi connectivity index (χ0v) is 14.0. The van der Waals surface area contributed by atoms with E-state index in [4.69, 9.17) is 11.5 Å². The Kier molecular flexibility index (Phi) is 4.67. The molecule has 0 aliphatic rings. The first-order valence-electron chi connectivity index (χ1n) is 5.88. The van der Waals surface area contributed by atoms with Gasteiger partial charge in [-0.15, -0.1) is 0 Å². The van der Waals surface area contributed by atoms with Crippen molar-refractivity contribution in [2.45, 2.75) is 6.92 Å². The highest BCUT2D eigenvalue weighted by Crippen LogP contribution is 2.19. The number of fused-ring (bicyclic) bond motifs is 1. The third kappa shape index (κ3) is 3.74.